The zero-order valence-corrected chi connectivity index (χ0v) is 9.85. The molecule has 5 nitrogen and oxygen atoms in total. The highest BCUT2D eigenvalue weighted by Gasteiger charge is 2.03. The van der Waals surface area contributed by atoms with Crippen LogP contribution < -0.4 is 4.74 Å². The summed E-state index contributed by atoms with van der Waals surface area (Å²) in [5.74, 6) is 3.73. The van der Waals surface area contributed by atoms with Crippen LogP contribution in [0.25, 0.3) is 5.82 Å². The highest BCUT2D eigenvalue weighted by Crippen LogP contribution is 2.12. The van der Waals surface area contributed by atoms with E-state index in [0.29, 0.717) is 16.7 Å². The van der Waals surface area contributed by atoms with E-state index in [0.717, 1.165) is 6.42 Å². The van der Waals surface area contributed by atoms with Crippen LogP contribution in [0.15, 0.2) is 24.8 Å². The standard InChI is InChI=1S/C11H9ClN4O/c1-2-3-4-17-11-5-10(13-8-14-11)16-7-9(12)6-15-16/h5-8H,2H2,1H3. The molecular weight excluding hydrogens is 240 g/mol. The minimum Gasteiger partial charge on any atom is -0.387 e. The summed E-state index contributed by atoms with van der Waals surface area (Å²) in [4.78, 5) is 7.99. The average Bonchev–Trinajstić information content (AvgIpc) is 2.77. The lowest BCUT2D eigenvalue weighted by atomic mass is 10.5. The molecule has 0 aliphatic heterocycles. The molecule has 0 spiro atoms. The Morgan fingerprint density at radius 2 is 2.35 bits per heavy atom. The fourth-order valence-electron chi connectivity index (χ4n) is 1.10. The lowest BCUT2D eigenvalue weighted by Gasteiger charge is -2.00. The Bertz CT molecular complexity index is 570. The van der Waals surface area contributed by atoms with Crippen molar-refractivity contribution in [2.24, 2.45) is 0 Å². The monoisotopic (exact) mass is 248 g/mol. The Hall–Kier alpha value is -2.06. The molecule has 0 bridgehead atoms. The summed E-state index contributed by atoms with van der Waals surface area (Å²) in [6.45, 7) is 1.94. The molecule has 2 aromatic rings. The minimum absolute atomic E-state index is 0.377. The Morgan fingerprint density at radius 1 is 1.47 bits per heavy atom. The first-order chi connectivity index (χ1) is 8.29. The molecular formula is C11H9ClN4O. The molecule has 0 atom stereocenters. The number of aromatic nitrogens is 4. The maximum atomic E-state index is 5.77. The first-order valence-electron chi connectivity index (χ1n) is 4.97. The first kappa shape index (κ1) is 11.4. The van der Waals surface area contributed by atoms with Gasteiger partial charge in [0.1, 0.15) is 12.4 Å². The molecule has 0 amide bonds. The van der Waals surface area contributed by atoms with Gasteiger partial charge in [-0.2, -0.15) is 5.10 Å². The second kappa shape index (κ2) is 5.32. The van der Waals surface area contributed by atoms with E-state index in [9.17, 15) is 0 Å². The molecule has 2 aromatic heterocycles. The van der Waals surface area contributed by atoms with Gasteiger partial charge in [0, 0.05) is 12.5 Å². The minimum atomic E-state index is 0.377. The van der Waals surface area contributed by atoms with Gasteiger partial charge in [0.15, 0.2) is 5.82 Å². The SMILES string of the molecule is CCC#COc1cc(-n2cc(Cl)cn2)ncn1. The maximum absolute atomic E-state index is 5.77. The van der Waals surface area contributed by atoms with Crippen molar-refractivity contribution in [2.75, 3.05) is 0 Å². The van der Waals surface area contributed by atoms with E-state index in [1.807, 2.05) is 6.92 Å². The van der Waals surface area contributed by atoms with Gasteiger partial charge in [0.25, 0.3) is 0 Å². The molecule has 0 N–H and O–H groups in total. The van der Waals surface area contributed by atoms with Crippen molar-refractivity contribution in [3.8, 4) is 23.7 Å². The summed E-state index contributed by atoms with van der Waals surface area (Å²) >= 11 is 5.77. The highest BCUT2D eigenvalue weighted by molar-refractivity contribution is 6.30. The average molecular weight is 249 g/mol. The van der Waals surface area contributed by atoms with E-state index in [4.69, 9.17) is 16.3 Å². The Balaban J connectivity index is 2.22. The van der Waals surface area contributed by atoms with Crippen LogP contribution in [-0.2, 0) is 0 Å². The maximum Gasteiger partial charge on any atom is 0.235 e. The number of ether oxygens (including phenoxy) is 1. The van der Waals surface area contributed by atoms with Crippen molar-refractivity contribution >= 4 is 11.6 Å². The van der Waals surface area contributed by atoms with Gasteiger partial charge in [0.2, 0.25) is 5.88 Å². The van der Waals surface area contributed by atoms with Crippen LogP contribution in [0.1, 0.15) is 13.3 Å². The number of hydrogen-bond acceptors (Lipinski definition) is 4. The molecule has 0 radical (unpaired) electrons. The van der Waals surface area contributed by atoms with Crippen molar-refractivity contribution in [2.45, 2.75) is 13.3 Å². The molecule has 17 heavy (non-hydrogen) atoms. The zero-order chi connectivity index (χ0) is 12.1. The lowest BCUT2D eigenvalue weighted by Crippen LogP contribution is -1.99. The molecule has 0 fully saturated rings. The van der Waals surface area contributed by atoms with Gasteiger partial charge in [0.05, 0.1) is 17.4 Å². The molecule has 0 unspecified atom stereocenters. The highest BCUT2D eigenvalue weighted by atomic mass is 35.5. The van der Waals surface area contributed by atoms with E-state index in [1.165, 1.54) is 17.2 Å². The molecule has 86 valence electrons. The summed E-state index contributed by atoms with van der Waals surface area (Å²) in [7, 11) is 0. The third-order valence-corrected chi connectivity index (χ3v) is 2.01. The molecule has 2 rings (SSSR count). The van der Waals surface area contributed by atoms with Crippen molar-refractivity contribution in [1.82, 2.24) is 19.7 Å². The normalized spacial score (nSPS) is 9.53. The zero-order valence-electron chi connectivity index (χ0n) is 9.09. The van der Waals surface area contributed by atoms with Gasteiger partial charge in [-0.05, 0) is 0 Å². The predicted octanol–water partition coefficient (Wildman–Crippen LogP) is 2.07. The van der Waals surface area contributed by atoms with Gasteiger partial charge in [-0.15, -0.1) is 0 Å². The second-order valence-corrected chi connectivity index (χ2v) is 3.49. The molecule has 0 saturated heterocycles. The van der Waals surface area contributed by atoms with E-state index < -0.39 is 0 Å². The second-order valence-electron chi connectivity index (χ2n) is 3.05. The topological polar surface area (TPSA) is 52.8 Å². The fraction of sp³-hybridized carbons (Fsp3) is 0.182. The third-order valence-electron chi connectivity index (χ3n) is 1.82. The molecule has 2 heterocycles. The fourth-order valence-corrected chi connectivity index (χ4v) is 1.23. The summed E-state index contributed by atoms with van der Waals surface area (Å²) in [5.41, 5.74) is 0. The summed E-state index contributed by atoms with van der Waals surface area (Å²) in [6, 6.07) is 1.63. The van der Waals surface area contributed by atoms with Crippen molar-refractivity contribution in [3.05, 3.63) is 29.8 Å². The van der Waals surface area contributed by atoms with Gasteiger partial charge in [-0.3, -0.25) is 0 Å². The number of rotatable bonds is 2. The summed E-state index contributed by atoms with van der Waals surface area (Å²) < 4.78 is 6.66. The lowest BCUT2D eigenvalue weighted by molar-refractivity contribution is 0.494. The smallest absolute Gasteiger partial charge is 0.235 e. The van der Waals surface area contributed by atoms with Gasteiger partial charge in [-0.25, -0.2) is 14.6 Å². The third kappa shape index (κ3) is 2.95. The van der Waals surface area contributed by atoms with Crippen LogP contribution in [0.4, 0.5) is 0 Å². The van der Waals surface area contributed by atoms with Crippen LogP contribution in [0.5, 0.6) is 5.88 Å². The Labute approximate surface area is 103 Å². The predicted molar refractivity (Wildman–Crippen MR) is 62.9 cm³/mol. The van der Waals surface area contributed by atoms with Gasteiger partial charge < -0.3 is 4.74 Å². The Kier molecular flexibility index (Phi) is 3.58. The largest absolute Gasteiger partial charge is 0.387 e. The van der Waals surface area contributed by atoms with Crippen LogP contribution in [0.2, 0.25) is 5.02 Å². The summed E-state index contributed by atoms with van der Waals surface area (Å²) in [5, 5.41) is 4.57. The molecule has 0 aliphatic carbocycles. The van der Waals surface area contributed by atoms with E-state index in [-0.39, 0.29) is 0 Å². The van der Waals surface area contributed by atoms with Gasteiger partial charge >= 0.3 is 0 Å². The van der Waals surface area contributed by atoms with Crippen LogP contribution >= 0.6 is 11.6 Å². The van der Waals surface area contributed by atoms with Crippen molar-refractivity contribution in [1.29, 1.82) is 0 Å². The molecule has 0 aromatic carbocycles. The summed E-state index contributed by atoms with van der Waals surface area (Å²) in [6.07, 6.45) is 7.82. The van der Waals surface area contributed by atoms with Crippen LogP contribution in [0, 0.1) is 12.0 Å². The van der Waals surface area contributed by atoms with Gasteiger partial charge in [-0.1, -0.05) is 24.4 Å². The number of hydrogen-bond donors (Lipinski definition) is 0. The van der Waals surface area contributed by atoms with E-state index in [2.05, 4.69) is 27.1 Å². The number of nitrogens with zero attached hydrogens (tertiary/aromatic N) is 4. The van der Waals surface area contributed by atoms with Crippen LogP contribution in [0.3, 0.4) is 0 Å². The molecule has 6 heteroatoms. The molecule has 0 aliphatic rings. The first-order valence-corrected chi connectivity index (χ1v) is 5.34. The van der Waals surface area contributed by atoms with E-state index in [1.54, 1.807) is 12.3 Å². The number of halogens is 1. The van der Waals surface area contributed by atoms with Crippen molar-refractivity contribution < 1.29 is 4.74 Å². The van der Waals surface area contributed by atoms with E-state index >= 15 is 0 Å². The van der Waals surface area contributed by atoms with Crippen LogP contribution in [-0.4, -0.2) is 19.7 Å². The Morgan fingerprint density at radius 3 is 3.06 bits per heavy atom. The molecule has 0 saturated carbocycles. The van der Waals surface area contributed by atoms with Crippen molar-refractivity contribution in [3.63, 3.8) is 0 Å². The quantitative estimate of drug-likeness (QED) is 0.764.